The third kappa shape index (κ3) is 2.38. The van der Waals surface area contributed by atoms with Crippen molar-refractivity contribution in [1.29, 1.82) is 0 Å². The average Bonchev–Trinajstić information content (AvgIpc) is 2.38. The Hall–Kier alpha value is -2.22. The van der Waals surface area contributed by atoms with Gasteiger partial charge in [-0.1, -0.05) is 35.4 Å². The first-order chi connectivity index (χ1) is 8.61. The van der Waals surface area contributed by atoms with Gasteiger partial charge in [-0.3, -0.25) is 9.59 Å². The normalized spacial score (nSPS) is 10.1. The van der Waals surface area contributed by atoms with Crippen LogP contribution in [0.15, 0.2) is 42.5 Å². The molecule has 2 heteroatoms. The lowest BCUT2D eigenvalue weighted by atomic mass is 9.96. The van der Waals surface area contributed by atoms with Crippen molar-refractivity contribution in [3.05, 3.63) is 70.3 Å². The molecule has 0 unspecified atom stereocenters. The fourth-order valence-corrected chi connectivity index (χ4v) is 1.88. The molecule has 0 aliphatic heterocycles. The third-order valence-electron chi connectivity index (χ3n) is 2.81. The van der Waals surface area contributed by atoms with E-state index in [9.17, 15) is 9.59 Å². The fraction of sp³-hybridized carbons (Fsp3) is 0.125. The second-order valence-corrected chi connectivity index (χ2v) is 4.35. The number of carbonyl (C=O) groups is 1. The van der Waals surface area contributed by atoms with E-state index in [0.29, 0.717) is 16.7 Å². The maximum Gasteiger partial charge on any atom is 0.234 e. The Morgan fingerprint density at radius 2 is 1.72 bits per heavy atom. The highest BCUT2D eigenvalue weighted by molar-refractivity contribution is 6.12. The summed E-state index contributed by atoms with van der Waals surface area (Å²) in [7, 11) is 0. The van der Waals surface area contributed by atoms with Crippen LogP contribution in [0.3, 0.4) is 0 Å². The van der Waals surface area contributed by atoms with E-state index in [1.807, 2.05) is 38.3 Å². The standard InChI is InChI=1S/C16H13O2/c1-11-4-3-5-13(8-11)16(18)15-9-12(2)6-7-14(15)10-17/h3-9H,1-2H3. The summed E-state index contributed by atoms with van der Waals surface area (Å²) in [5, 5.41) is 0. The van der Waals surface area contributed by atoms with Crippen molar-refractivity contribution in [2.75, 3.05) is 0 Å². The molecule has 0 amide bonds. The van der Waals surface area contributed by atoms with E-state index in [1.165, 1.54) is 0 Å². The summed E-state index contributed by atoms with van der Waals surface area (Å²) < 4.78 is 0. The molecule has 2 aromatic carbocycles. The van der Waals surface area contributed by atoms with Crippen LogP contribution in [0.25, 0.3) is 0 Å². The summed E-state index contributed by atoms with van der Waals surface area (Å²) in [6, 6.07) is 12.5. The fourth-order valence-electron chi connectivity index (χ4n) is 1.88. The van der Waals surface area contributed by atoms with E-state index in [1.54, 1.807) is 24.3 Å². The summed E-state index contributed by atoms with van der Waals surface area (Å²) in [6.45, 7) is 3.82. The lowest BCUT2D eigenvalue weighted by molar-refractivity contribution is 0.103. The second kappa shape index (κ2) is 4.96. The summed E-state index contributed by atoms with van der Waals surface area (Å²) >= 11 is 0. The van der Waals surface area contributed by atoms with E-state index in [4.69, 9.17) is 0 Å². The van der Waals surface area contributed by atoms with Gasteiger partial charge in [-0.05, 0) is 32.0 Å². The molecule has 0 spiro atoms. The van der Waals surface area contributed by atoms with Crippen LogP contribution in [0.2, 0.25) is 0 Å². The van der Waals surface area contributed by atoms with Crippen LogP contribution in [0.5, 0.6) is 0 Å². The zero-order valence-corrected chi connectivity index (χ0v) is 10.4. The van der Waals surface area contributed by atoms with Crippen molar-refractivity contribution >= 4 is 12.1 Å². The van der Waals surface area contributed by atoms with Crippen LogP contribution in [-0.4, -0.2) is 12.1 Å². The SMILES string of the molecule is Cc1cccc(C(=O)c2cc(C)ccc2[C]=O)c1. The van der Waals surface area contributed by atoms with E-state index in [2.05, 4.69) is 0 Å². The van der Waals surface area contributed by atoms with Crippen molar-refractivity contribution < 1.29 is 9.59 Å². The van der Waals surface area contributed by atoms with Crippen molar-refractivity contribution in [3.63, 3.8) is 0 Å². The van der Waals surface area contributed by atoms with Gasteiger partial charge in [-0.25, -0.2) is 0 Å². The molecule has 2 aromatic rings. The van der Waals surface area contributed by atoms with Crippen molar-refractivity contribution in [1.82, 2.24) is 0 Å². The van der Waals surface area contributed by atoms with Crippen molar-refractivity contribution in [2.45, 2.75) is 13.8 Å². The van der Waals surface area contributed by atoms with Gasteiger partial charge >= 0.3 is 0 Å². The van der Waals surface area contributed by atoms with Gasteiger partial charge in [0.25, 0.3) is 0 Å². The molecule has 1 radical (unpaired) electrons. The number of hydrogen-bond acceptors (Lipinski definition) is 2. The van der Waals surface area contributed by atoms with Gasteiger partial charge < -0.3 is 0 Å². The average molecular weight is 237 g/mol. The molecule has 0 saturated heterocycles. The Kier molecular flexibility index (Phi) is 3.38. The zero-order chi connectivity index (χ0) is 13.1. The van der Waals surface area contributed by atoms with Gasteiger partial charge in [-0.2, -0.15) is 0 Å². The minimum absolute atomic E-state index is 0.138. The van der Waals surface area contributed by atoms with Gasteiger partial charge in [0, 0.05) is 16.7 Å². The molecule has 2 nitrogen and oxygen atoms in total. The minimum Gasteiger partial charge on any atom is -0.289 e. The van der Waals surface area contributed by atoms with Crippen LogP contribution >= 0.6 is 0 Å². The summed E-state index contributed by atoms with van der Waals surface area (Å²) in [6.07, 6.45) is 1.82. The molecular weight excluding hydrogens is 224 g/mol. The molecule has 0 aliphatic rings. The van der Waals surface area contributed by atoms with Crippen LogP contribution in [-0.2, 0) is 4.79 Å². The number of rotatable bonds is 3. The Morgan fingerprint density at radius 3 is 2.39 bits per heavy atom. The molecule has 0 aromatic heterocycles. The quantitative estimate of drug-likeness (QED) is 0.769. The Bertz CT molecular complexity index is 612. The molecule has 18 heavy (non-hydrogen) atoms. The highest BCUT2D eigenvalue weighted by Gasteiger charge is 2.14. The largest absolute Gasteiger partial charge is 0.289 e. The highest BCUT2D eigenvalue weighted by atomic mass is 16.1. The number of carbonyl (C=O) groups excluding carboxylic acids is 2. The van der Waals surface area contributed by atoms with Gasteiger partial charge in [0.1, 0.15) is 0 Å². The molecule has 0 N–H and O–H groups in total. The monoisotopic (exact) mass is 237 g/mol. The van der Waals surface area contributed by atoms with E-state index < -0.39 is 0 Å². The first-order valence-electron chi connectivity index (χ1n) is 5.72. The molecule has 0 atom stereocenters. The van der Waals surface area contributed by atoms with E-state index in [-0.39, 0.29) is 5.78 Å². The molecular formula is C16H13O2. The second-order valence-electron chi connectivity index (χ2n) is 4.35. The lowest BCUT2D eigenvalue weighted by Gasteiger charge is -2.05. The topological polar surface area (TPSA) is 34.1 Å². The Balaban J connectivity index is 2.52. The van der Waals surface area contributed by atoms with Crippen LogP contribution in [0.4, 0.5) is 0 Å². The lowest BCUT2D eigenvalue weighted by Crippen LogP contribution is -2.06. The summed E-state index contributed by atoms with van der Waals surface area (Å²) in [5.41, 5.74) is 3.29. The van der Waals surface area contributed by atoms with Crippen molar-refractivity contribution in [2.24, 2.45) is 0 Å². The number of hydrogen-bond donors (Lipinski definition) is 0. The maximum atomic E-state index is 12.4. The van der Waals surface area contributed by atoms with Gasteiger partial charge in [0.2, 0.25) is 6.29 Å². The van der Waals surface area contributed by atoms with E-state index in [0.717, 1.165) is 11.1 Å². The molecule has 0 heterocycles. The molecule has 2 rings (SSSR count). The Morgan fingerprint density at radius 1 is 1.00 bits per heavy atom. The van der Waals surface area contributed by atoms with Gasteiger partial charge in [-0.15, -0.1) is 0 Å². The Labute approximate surface area is 106 Å². The molecule has 0 fully saturated rings. The molecule has 0 bridgehead atoms. The molecule has 0 aliphatic carbocycles. The highest BCUT2D eigenvalue weighted by Crippen LogP contribution is 2.16. The predicted octanol–water partition coefficient (Wildman–Crippen LogP) is 2.99. The third-order valence-corrected chi connectivity index (χ3v) is 2.81. The van der Waals surface area contributed by atoms with Gasteiger partial charge in [0.15, 0.2) is 5.78 Å². The smallest absolute Gasteiger partial charge is 0.234 e. The van der Waals surface area contributed by atoms with Crippen LogP contribution in [0, 0.1) is 13.8 Å². The van der Waals surface area contributed by atoms with Crippen molar-refractivity contribution in [3.8, 4) is 0 Å². The molecule has 89 valence electrons. The van der Waals surface area contributed by atoms with Crippen LogP contribution < -0.4 is 0 Å². The molecule has 0 saturated carbocycles. The first-order valence-corrected chi connectivity index (χ1v) is 5.72. The zero-order valence-electron chi connectivity index (χ0n) is 10.4. The van der Waals surface area contributed by atoms with Gasteiger partial charge in [0.05, 0.1) is 0 Å². The predicted molar refractivity (Wildman–Crippen MR) is 70.6 cm³/mol. The number of aryl methyl sites for hydroxylation is 2. The number of ketones is 1. The summed E-state index contributed by atoms with van der Waals surface area (Å²) in [5.74, 6) is -0.138. The maximum absolute atomic E-state index is 12.4. The minimum atomic E-state index is -0.138. The summed E-state index contributed by atoms with van der Waals surface area (Å²) in [4.78, 5) is 23.2. The van der Waals surface area contributed by atoms with E-state index >= 15 is 0 Å². The van der Waals surface area contributed by atoms with Crippen LogP contribution in [0.1, 0.15) is 32.6 Å². The number of benzene rings is 2. The first kappa shape index (κ1) is 12.2.